The fourth-order valence-corrected chi connectivity index (χ4v) is 0.478. The van der Waals surface area contributed by atoms with Crippen LogP contribution < -0.4 is 0 Å². The largest absolute Gasteiger partial charge is 0.462 e. The number of aliphatic hydroxyl groups is 1. The van der Waals surface area contributed by atoms with Gasteiger partial charge in [-0.15, -0.1) is 0 Å². The van der Waals surface area contributed by atoms with Crippen molar-refractivity contribution in [1.82, 2.24) is 0 Å². The van der Waals surface area contributed by atoms with E-state index < -0.39 is 12.1 Å². The average Bonchev–Trinajstić information content (AvgIpc) is 1.80. The van der Waals surface area contributed by atoms with Gasteiger partial charge in [-0.1, -0.05) is 15.9 Å². The van der Waals surface area contributed by atoms with Crippen LogP contribution in [0.5, 0.6) is 0 Å². The average molecular weight is 225 g/mol. The molecule has 0 aliphatic rings. The van der Waals surface area contributed by atoms with Crippen LogP contribution in [-0.4, -0.2) is 28.1 Å². The van der Waals surface area contributed by atoms with Crippen molar-refractivity contribution in [3.63, 3.8) is 0 Å². The summed E-state index contributed by atoms with van der Waals surface area (Å²) in [6.45, 7) is 5.39. The molecule has 0 saturated carbocycles. The Morgan fingerprint density at radius 1 is 1.73 bits per heavy atom. The maximum Gasteiger partial charge on any atom is 0.334 e. The highest BCUT2D eigenvalue weighted by molar-refractivity contribution is 9.10. The molecule has 0 aromatic heterocycles. The van der Waals surface area contributed by atoms with Gasteiger partial charge in [0, 0.05) is 0 Å². The SMILES string of the molecule is C[C@H](O)C(=O)OCC(C)(C)Br. The van der Waals surface area contributed by atoms with Crippen molar-refractivity contribution < 1.29 is 14.6 Å². The van der Waals surface area contributed by atoms with Crippen molar-refractivity contribution in [1.29, 1.82) is 0 Å². The summed E-state index contributed by atoms with van der Waals surface area (Å²) in [6, 6.07) is 0. The number of ether oxygens (including phenoxy) is 1. The number of rotatable bonds is 3. The molecular formula is C7H13BrO3. The highest BCUT2D eigenvalue weighted by Crippen LogP contribution is 2.15. The normalized spacial score (nSPS) is 14.3. The zero-order chi connectivity index (χ0) is 9.07. The number of carbonyl (C=O) groups is 1. The first-order valence-electron chi connectivity index (χ1n) is 3.36. The Kier molecular flexibility index (Phi) is 4.03. The van der Waals surface area contributed by atoms with Crippen molar-refractivity contribution in [2.24, 2.45) is 0 Å². The number of aliphatic hydroxyl groups excluding tert-OH is 1. The van der Waals surface area contributed by atoms with Gasteiger partial charge in [0.05, 0.1) is 4.32 Å². The Hall–Kier alpha value is -0.0900. The van der Waals surface area contributed by atoms with Crippen LogP contribution in [0, 0.1) is 0 Å². The minimum atomic E-state index is -1.04. The van der Waals surface area contributed by atoms with E-state index in [1.54, 1.807) is 0 Å². The molecule has 0 saturated heterocycles. The molecule has 3 nitrogen and oxygen atoms in total. The Labute approximate surface area is 74.9 Å². The maximum absolute atomic E-state index is 10.7. The summed E-state index contributed by atoms with van der Waals surface area (Å²) in [5.74, 6) is -0.586. The van der Waals surface area contributed by atoms with Gasteiger partial charge in [0.15, 0.2) is 0 Å². The first-order valence-corrected chi connectivity index (χ1v) is 4.16. The molecule has 0 heterocycles. The molecule has 0 aliphatic heterocycles. The topological polar surface area (TPSA) is 46.5 Å². The van der Waals surface area contributed by atoms with Crippen LogP contribution in [-0.2, 0) is 9.53 Å². The first kappa shape index (κ1) is 10.9. The molecule has 0 unspecified atom stereocenters. The molecule has 66 valence electrons. The number of carbonyl (C=O) groups excluding carboxylic acids is 1. The number of alkyl halides is 1. The minimum absolute atomic E-state index is 0.225. The third kappa shape index (κ3) is 6.31. The summed E-state index contributed by atoms with van der Waals surface area (Å²) in [6.07, 6.45) is -1.04. The minimum Gasteiger partial charge on any atom is -0.462 e. The lowest BCUT2D eigenvalue weighted by molar-refractivity contribution is -0.153. The molecule has 0 fully saturated rings. The van der Waals surface area contributed by atoms with Gasteiger partial charge in [0.1, 0.15) is 12.7 Å². The summed E-state index contributed by atoms with van der Waals surface area (Å²) in [4.78, 5) is 10.7. The van der Waals surface area contributed by atoms with Crippen LogP contribution in [0.25, 0.3) is 0 Å². The van der Waals surface area contributed by atoms with Gasteiger partial charge < -0.3 is 9.84 Å². The first-order chi connectivity index (χ1) is 4.83. The second-order valence-corrected chi connectivity index (χ2v) is 5.15. The number of hydrogen-bond acceptors (Lipinski definition) is 3. The Morgan fingerprint density at radius 2 is 2.18 bits per heavy atom. The van der Waals surface area contributed by atoms with Gasteiger partial charge in [-0.3, -0.25) is 0 Å². The van der Waals surface area contributed by atoms with Gasteiger partial charge in [0.25, 0.3) is 0 Å². The fraction of sp³-hybridized carbons (Fsp3) is 0.857. The molecule has 0 aromatic rings. The fourth-order valence-electron chi connectivity index (χ4n) is 0.363. The second kappa shape index (κ2) is 4.07. The van der Waals surface area contributed by atoms with E-state index in [2.05, 4.69) is 15.9 Å². The molecule has 0 rings (SSSR count). The van der Waals surface area contributed by atoms with Crippen molar-refractivity contribution in [3.05, 3.63) is 0 Å². The van der Waals surface area contributed by atoms with E-state index in [0.29, 0.717) is 0 Å². The summed E-state index contributed by atoms with van der Waals surface area (Å²) >= 11 is 3.30. The molecule has 1 N–H and O–H groups in total. The third-order valence-electron chi connectivity index (χ3n) is 0.899. The van der Waals surface area contributed by atoms with E-state index in [-0.39, 0.29) is 10.9 Å². The van der Waals surface area contributed by atoms with Gasteiger partial charge in [0.2, 0.25) is 0 Å². The Morgan fingerprint density at radius 3 is 2.45 bits per heavy atom. The van der Waals surface area contributed by atoms with Crippen LogP contribution in [0.3, 0.4) is 0 Å². The lowest BCUT2D eigenvalue weighted by atomic mass is 10.2. The molecule has 11 heavy (non-hydrogen) atoms. The molecule has 0 bridgehead atoms. The lowest BCUT2D eigenvalue weighted by Gasteiger charge is -2.16. The van der Waals surface area contributed by atoms with Gasteiger partial charge in [-0.05, 0) is 20.8 Å². The summed E-state index contributed by atoms with van der Waals surface area (Å²) in [5, 5.41) is 8.73. The van der Waals surface area contributed by atoms with Crippen molar-refractivity contribution in [3.8, 4) is 0 Å². The molecular weight excluding hydrogens is 212 g/mol. The van der Waals surface area contributed by atoms with Gasteiger partial charge in [-0.2, -0.15) is 0 Å². The monoisotopic (exact) mass is 224 g/mol. The van der Waals surface area contributed by atoms with Crippen molar-refractivity contribution in [2.45, 2.75) is 31.2 Å². The molecule has 0 aliphatic carbocycles. The third-order valence-corrected chi connectivity index (χ3v) is 1.13. The van der Waals surface area contributed by atoms with E-state index in [9.17, 15) is 4.79 Å². The smallest absolute Gasteiger partial charge is 0.334 e. The zero-order valence-electron chi connectivity index (χ0n) is 6.93. The molecule has 0 amide bonds. The van der Waals surface area contributed by atoms with Crippen molar-refractivity contribution in [2.75, 3.05) is 6.61 Å². The second-order valence-electron chi connectivity index (χ2n) is 3.00. The molecule has 0 radical (unpaired) electrons. The number of esters is 1. The predicted molar refractivity (Wildman–Crippen MR) is 45.6 cm³/mol. The Balaban J connectivity index is 3.64. The van der Waals surface area contributed by atoms with Crippen LogP contribution in [0.15, 0.2) is 0 Å². The van der Waals surface area contributed by atoms with Crippen molar-refractivity contribution >= 4 is 21.9 Å². The van der Waals surface area contributed by atoms with Gasteiger partial charge >= 0.3 is 5.97 Å². The van der Waals surface area contributed by atoms with E-state index in [4.69, 9.17) is 9.84 Å². The number of halogens is 1. The van der Waals surface area contributed by atoms with Crippen LogP contribution >= 0.6 is 15.9 Å². The van der Waals surface area contributed by atoms with Crippen LogP contribution in [0.2, 0.25) is 0 Å². The maximum atomic E-state index is 10.7. The van der Waals surface area contributed by atoms with E-state index in [1.807, 2.05) is 13.8 Å². The summed E-state index contributed by atoms with van der Waals surface area (Å²) in [5.41, 5.74) is 0. The lowest BCUT2D eigenvalue weighted by Crippen LogP contribution is -2.26. The zero-order valence-corrected chi connectivity index (χ0v) is 8.51. The summed E-state index contributed by atoms with van der Waals surface area (Å²) < 4.78 is 4.51. The Bertz CT molecular complexity index is 137. The number of hydrogen-bond donors (Lipinski definition) is 1. The quantitative estimate of drug-likeness (QED) is 0.577. The standard InChI is InChI=1S/C7H13BrO3/c1-5(9)6(10)11-4-7(2,3)8/h5,9H,4H2,1-3H3/t5-/m0/s1. The van der Waals surface area contributed by atoms with Crippen LogP contribution in [0.4, 0.5) is 0 Å². The molecule has 1 atom stereocenters. The highest BCUT2D eigenvalue weighted by Gasteiger charge is 2.17. The molecule has 0 aromatic carbocycles. The predicted octanol–water partition coefficient (Wildman–Crippen LogP) is 1.08. The summed E-state index contributed by atoms with van der Waals surface area (Å²) in [7, 11) is 0. The molecule has 4 heteroatoms. The van der Waals surface area contributed by atoms with E-state index in [1.165, 1.54) is 6.92 Å². The van der Waals surface area contributed by atoms with Gasteiger partial charge in [-0.25, -0.2) is 4.79 Å². The van der Waals surface area contributed by atoms with E-state index >= 15 is 0 Å². The van der Waals surface area contributed by atoms with Crippen LogP contribution in [0.1, 0.15) is 20.8 Å². The highest BCUT2D eigenvalue weighted by atomic mass is 79.9. The molecule has 0 spiro atoms. The van der Waals surface area contributed by atoms with E-state index in [0.717, 1.165) is 0 Å².